The fraction of sp³-hybridized carbons (Fsp3) is 0.778. The van der Waals surface area contributed by atoms with Gasteiger partial charge >= 0.3 is 6.09 Å². The summed E-state index contributed by atoms with van der Waals surface area (Å²) >= 11 is 0. The Morgan fingerprint density at radius 1 is 1.53 bits per heavy atom. The highest BCUT2D eigenvalue weighted by molar-refractivity contribution is 5.67. The third-order valence-electron chi connectivity index (χ3n) is 2.32. The van der Waals surface area contributed by atoms with Gasteiger partial charge in [0.15, 0.2) is 0 Å². The predicted octanol–water partition coefficient (Wildman–Crippen LogP) is 0.131. The Morgan fingerprint density at radius 2 is 2.29 bits per heavy atom. The molecule has 0 unspecified atom stereocenters. The van der Waals surface area contributed by atoms with E-state index in [0.717, 1.165) is 0 Å². The Kier molecular flexibility index (Phi) is 5.47. The van der Waals surface area contributed by atoms with Gasteiger partial charge in [0.1, 0.15) is 6.61 Å². The van der Waals surface area contributed by atoms with Crippen molar-refractivity contribution in [2.75, 3.05) is 39.4 Å². The van der Waals surface area contributed by atoms with Crippen LogP contribution in [0.15, 0.2) is 0 Å². The Hall–Kier alpha value is -1.57. The largest absolute Gasteiger partial charge is 0.450 e. The van der Waals surface area contributed by atoms with Crippen LogP contribution >= 0.6 is 0 Å². The van der Waals surface area contributed by atoms with Gasteiger partial charge in [0.2, 0.25) is 0 Å². The number of ether oxygens (including phenoxy) is 1. The zero-order chi connectivity index (χ0) is 12.7. The molecule has 97 valence electrons. The van der Waals surface area contributed by atoms with E-state index in [4.69, 9.17) is 4.74 Å². The number of rotatable bonds is 5. The van der Waals surface area contributed by atoms with Crippen molar-refractivity contribution in [3.8, 4) is 0 Å². The molecule has 0 aromatic rings. The van der Waals surface area contributed by atoms with Gasteiger partial charge in [-0.25, -0.2) is 4.79 Å². The summed E-state index contributed by atoms with van der Waals surface area (Å²) in [5.41, 5.74) is 0. The Bertz CT molecular complexity index is 265. The van der Waals surface area contributed by atoms with Crippen LogP contribution < -0.4 is 0 Å². The molecule has 0 aromatic carbocycles. The quantitative estimate of drug-likeness (QED) is 0.506. The van der Waals surface area contributed by atoms with Crippen molar-refractivity contribution < 1.29 is 19.5 Å². The molecule has 1 radical (unpaired) electrons. The molecule has 1 amide bonds. The summed E-state index contributed by atoms with van der Waals surface area (Å²) in [5.74, 6) is 0. The molecule has 0 saturated carbocycles. The van der Waals surface area contributed by atoms with Crippen molar-refractivity contribution >= 4 is 6.09 Å². The molecule has 1 heterocycles. The minimum absolute atomic E-state index is 0.0307. The fourth-order valence-electron chi connectivity index (χ4n) is 1.46. The normalized spacial score (nSPS) is 16.6. The number of nitrogens with zero attached hydrogens (tertiary/aromatic N) is 3. The van der Waals surface area contributed by atoms with Crippen molar-refractivity contribution in [1.82, 2.24) is 9.80 Å². The van der Waals surface area contributed by atoms with Crippen LogP contribution in [0.4, 0.5) is 4.79 Å². The summed E-state index contributed by atoms with van der Waals surface area (Å²) in [7, 11) is 0. The van der Waals surface area contributed by atoms with Crippen LogP contribution in [0.5, 0.6) is 0 Å². The molecule has 1 aliphatic heterocycles. The molecule has 0 bridgehead atoms. The van der Waals surface area contributed by atoms with E-state index in [-0.39, 0.29) is 12.7 Å². The molecule has 0 N–H and O–H groups in total. The first-order chi connectivity index (χ1) is 8.13. The van der Waals surface area contributed by atoms with Crippen LogP contribution in [0.3, 0.4) is 0 Å². The average Bonchev–Trinajstić information content (AvgIpc) is 2.30. The Labute approximate surface area is 99.2 Å². The summed E-state index contributed by atoms with van der Waals surface area (Å²) in [4.78, 5) is 29.0. The number of hydrogen-bond acceptors (Lipinski definition) is 6. The highest BCUT2D eigenvalue weighted by Gasteiger charge is 2.21. The maximum Gasteiger partial charge on any atom is 0.409 e. The maximum atomic E-state index is 11.4. The maximum absolute atomic E-state index is 11.4. The molecular formula is C9H16N3O5. The van der Waals surface area contributed by atoms with Gasteiger partial charge in [0.25, 0.3) is 5.09 Å². The van der Waals surface area contributed by atoms with Gasteiger partial charge in [-0.05, 0) is 6.92 Å². The molecule has 1 saturated heterocycles. The number of piperazine rings is 1. The molecule has 17 heavy (non-hydrogen) atoms. The van der Waals surface area contributed by atoms with Gasteiger partial charge in [-0.2, -0.15) is 0 Å². The first-order valence-corrected chi connectivity index (χ1v) is 5.40. The minimum atomic E-state index is -0.811. The molecule has 0 aliphatic carbocycles. The zero-order valence-corrected chi connectivity index (χ0v) is 9.70. The summed E-state index contributed by atoms with van der Waals surface area (Å²) in [6.07, 6.45) is -0.329. The summed E-state index contributed by atoms with van der Waals surface area (Å²) in [5, 5.41) is 9.13. The lowest BCUT2D eigenvalue weighted by Crippen LogP contribution is -2.47. The third kappa shape index (κ3) is 4.85. The molecule has 8 nitrogen and oxygen atoms in total. The van der Waals surface area contributed by atoms with Crippen molar-refractivity contribution in [2.45, 2.75) is 6.92 Å². The lowest BCUT2D eigenvalue weighted by molar-refractivity contribution is -0.757. The second-order valence-electron chi connectivity index (χ2n) is 3.42. The van der Waals surface area contributed by atoms with E-state index in [9.17, 15) is 14.9 Å². The molecule has 0 atom stereocenters. The smallest absolute Gasteiger partial charge is 0.409 e. The van der Waals surface area contributed by atoms with Crippen molar-refractivity contribution in [3.63, 3.8) is 0 Å². The lowest BCUT2D eigenvalue weighted by Gasteiger charge is -2.33. The molecule has 1 rings (SSSR count). The van der Waals surface area contributed by atoms with Crippen molar-refractivity contribution in [2.24, 2.45) is 0 Å². The van der Waals surface area contributed by atoms with Gasteiger partial charge in [-0.3, -0.25) is 4.90 Å². The van der Waals surface area contributed by atoms with Crippen LogP contribution in [0.2, 0.25) is 0 Å². The van der Waals surface area contributed by atoms with Crippen LogP contribution in [0, 0.1) is 16.7 Å². The van der Waals surface area contributed by atoms with Crippen LogP contribution in [0.1, 0.15) is 6.92 Å². The van der Waals surface area contributed by atoms with Gasteiger partial charge < -0.3 is 14.5 Å². The summed E-state index contributed by atoms with van der Waals surface area (Å²) in [6, 6.07) is 0. The molecule has 1 fully saturated rings. The number of carbonyl (C=O) groups is 1. The molecule has 0 aromatic heterocycles. The molecular weight excluding hydrogens is 230 g/mol. The zero-order valence-electron chi connectivity index (χ0n) is 9.70. The Balaban J connectivity index is 2.17. The molecule has 1 aliphatic rings. The van der Waals surface area contributed by atoms with Crippen molar-refractivity contribution in [1.29, 1.82) is 0 Å². The van der Waals surface area contributed by atoms with E-state index < -0.39 is 5.09 Å². The van der Waals surface area contributed by atoms with Crippen LogP contribution in [0.25, 0.3) is 0 Å². The van der Waals surface area contributed by atoms with E-state index in [0.29, 0.717) is 32.8 Å². The van der Waals surface area contributed by atoms with Crippen LogP contribution in [-0.2, 0) is 9.57 Å². The number of amides is 1. The Morgan fingerprint density at radius 3 is 2.82 bits per heavy atom. The third-order valence-corrected chi connectivity index (χ3v) is 2.32. The SMILES string of the molecule is CCOC(=O)N1C[CH]N(CCO[N+](=O)[O-])CC1. The second kappa shape index (κ2) is 6.89. The van der Waals surface area contributed by atoms with E-state index >= 15 is 0 Å². The topological polar surface area (TPSA) is 85.2 Å². The lowest BCUT2D eigenvalue weighted by atomic mass is 10.3. The first kappa shape index (κ1) is 13.5. The minimum Gasteiger partial charge on any atom is -0.450 e. The van der Waals surface area contributed by atoms with Gasteiger partial charge in [-0.1, -0.05) is 0 Å². The van der Waals surface area contributed by atoms with E-state index in [1.807, 2.05) is 11.4 Å². The van der Waals surface area contributed by atoms with Crippen LogP contribution in [-0.4, -0.2) is 60.4 Å². The first-order valence-electron chi connectivity index (χ1n) is 5.40. The average molecular weight is 246 g/mol. The van der Waals surface area contributed by atoms with Crippen molar-refractivity contribution in [3.05, 3.63) is 16.7 Å². The standard InChI is InChI=1S/C9H16N3O5/c1-2-16-9(13)11-5-3-10(4-6-11)7-8-17-12(14)15/h3H,2,4-8H2,1H3. The predicted molar refractivity (Wildman–Crippen MR) is 57.4 cm³/mol. The van der Waals surface area contributed by atoms with Gasteiger partial charge in [0.05, 0.1) is 6.61 Å². The van der Waals surface area contributed by atoms with E-state index in [1.165, 1.54) is 0 Å². The second-order valence-corrected chi connectivity index (χ2v) is 3.42. The van der Waals surface area contributed by atoms with Gasteiger partial charge in [-0.15, -0.1) is 10.1 Å². The molecule has 0 spiro atoms. The monoisotopic (exact) mass is 246 g/mol. The van der Waals surface area contributed by atoms with E-state index in [2.05, 4.69) is 4.84 Å². The summed E-state index contributed by atoms with van der Waals surface area (Å²) < 4.78 is 4.86. The van der Waals surface area contributed by atoms with E-state index in [1.54, 1.807) is 11.8 Å². The number of carbonyl (C=O) groups excluding carboxylic acids is 1. The highest BCUT2D eigenvalue weighted by Crippen LogP contribution is 2.06. The van der Waals surface area contributed by atoms with Gasteiger partial charge in [0, 0.05) is 32.7 Å². The highest BCUT2D eigenvalue weighted by atomic mass is 16.9. The number of hydrogen-bond donors (Lipinski definition) is 0. The fourth-order valence-corrected chi connectivity index (χ4v) is 1.46. The molecule has 8 heteroatoms. The summed E-state index contributed by atoms with van der Waals surface area (Å²) in [6.45, 7) is 6.03.